The van der Waals surface area contributed by atoms with E-state index in [9.17, 15) is 13.2 Å². The van der Waals surface area contributed by atoms with Gasteiger partial charge in [0.25, 0.3) is 0 Å². The van der Waals surface area contributed by atoms with Crippen molar-refractivity contribution >= 4 is 33.2 Å². The fourth-order valence-electron chi connectivity index (χ4n) is 4.03. The number of fused-ring (bicyclic) bond motifs is 1. The predicted octanol–water partition coefficient (Wildman–Crippen LogP) is 4.55. The number of rotatable bonds is 8. The zero-order valence-electron chi connectivity index (χ0n) is 18.6. The monoisotopic (exact) mass is 487 g/mol. The minimum atomic E-state index is -3.53. The van der Waals surface area contributed by atoms with Gasteiger partial charge in [-0.3, -0.25) is 4.79 Å². The van der Waals surface area contributed by atoms with Crippen LogP contribution in [0.4, 0.5) is 5.69 Å². The summed E-state index contributed by atoms with van der Waals surface area (Å²) in [5, 5.41) is 0.646. The largest absolute Gasteiger partial charge is 0.441 e. The molecule has 1 aliphatic rings. The number of aromatic nitrogens is 1. The van der Waals surface area contributed by atoms with Crippen molar-refractivity contribution in [1.82, 2.24) is 9.29 Å². The van der Waals surface area contributed by atoms with Crippen LogP contribution in [-0.2, 0) is 27.7 Å². The lowest BCUT2D eigenvalue weighted by Gasteiger charge is -2.20. The molecule has 1 amide bonds. The Hall–Kier alpha value is -2.68. The van der Waals surface area contributed by atoms with E-state index >= 15 is 0 Å². The van der Waals surface area contributed by atoms with Crippen LogP contribution in [0.25, 0.3) is 11.3 Å². The average Bonchev–Trinajstić information content (AvgIpc) is 3.45. The first kappa shape index (κ1) is 23.5. The average molecular weight is 488 g/mol. The number of hydrogen-bond donors (Lipinski definition) is 0. The summed E-state index contributed by atoms with van der Waals surface area (Å²) in [4.78, 5) is 19.2. The second-order valence-electron chi connectivity index (χ2n) is 7.80. The van der Waals surface area contributed by atoms with Crippen molar-refractivity contribution < 1.29 is 17.6 Å². The number of carbonyl (C=O) groups is 1. The third-order valence-electron chi connectivity index (χ3n) is 5.83. The molecular weight excluding hydrogens is 462 g/mol. The fraction of sp³-hybridized carbons (Fsp3) is 0.333. The Balaban J connectivity index is 1.43. The molecular formula is C24H26ClN3O4S. The molecule has 0 radical (unpaired) electrons. The van der Waals surface area contributed by atoms with Crippen LogP contribution in [0.3, 0.4) is 0 Å². The lowest BCUT2D eigenvalue weighted by Crippen LogP contribution is -2.30. The van der Waals surface area contributed by atoms with Crippen molar-refractivity contribution in [3.05, 3.63) is 65.1 Å². The number of oxazole rings is 1. The van der Waals surface area contributed by atoms with Gasteiger partial charge in [0.15, 0.2) is 11.7 Å². The molecule has 0 unspecified atom stereocenters. The Morgan fingerprint density at radius 3 is 2.58 bits per heavy atom. The standard InChI is InChI=1S/C24H26ClN3O4S/c1-3-27(4-2)33(30,31)20-9-10-21-18(15-20)13-14-28(21)24(29)12-11-23-26-16-22(32-23)17-5-7-19(25)8-6-17/h5-10,15-16H,3-4,11-14H2,1-2H3. The number of anilines is 1. The van der Waals surface area contributed by atoms with E-state index in [2.05, 4.69) is 4.98 Å². The predicted molar refractivity (Wildman–Crippen MR) is 128 cm³/mol. The van der Waals surface area contributed by atoms with Crippen LogP contribution in [0.1, 0.15) is 31.7 Å². The van der Waals surface area contributed by atoms with Gasteiger partial charge in [-0.05, 0) is 54.4 Å². The van der Waals surface area contributed by atoms with Crippen LogP contribution in [0.5, 0.6) is 0 Å². The van der Waals surface area contributed by atoms with Gasteiger partial charge < -0.3 is 9.32 Å². The first-order valence-electron chi connectivity index (χ1n) is 11.0. The van der Waals surface area contributed by atoms with Gasteiger partial charge >= 0.3 is 0 Å². The summed E-state index contributed by atoms with van der Waals surface area (Å²) >= 11 is 5.92. The number of benzene rings is 2. The molecule has 0 saturated heterocycles. The van der Waals surface area contributed by atoms with Crippen LogP contribution in [0.2, 0.25) is 5.02 Å². The maximum atomic E-state index is 12.9. The van der Waals surface area contributed by atoms with Gasteiger partial charge in [0.2, 0.25) is 15.9 Å². The molecule has 1 aromatic heterocycles. The molecule has 0 N–H and O–H groups in total. The number of carbonyl (C=O) groups excluding carboxylic acids is 1. The molecule has 0 atom stereocenters. The molecule has 1 aliphatic heterocycles. The van der Waals surface area contributed by atoms with Gasteiger partial charge in [0, 0.05) is 48.7 Å². The van der Waals surface area contributed by atoms with Crippen molar-refractivity contribution in [2.75, 3.05) is 24.5 Å². The van der Waals surface area contributed by atoms with E-state index in [4.69, 9.17) is 16.0 Å². The Bertz CT molecular complexity index is 1250. The maximum absolute atomic E-state index is 12.9. The second kappa shape index (κ2) is 9.67. The van der Waals surface area contributed by atoms with Crippen molar-refractivity contribution in [3.63, 3.8) is 0 Å². The minimum absolute atomic E-state index is 0.0423. The lowest BCUT2D eigenvalue weighted by molar-refractivity contribution is -0.118. The molecule has 0 spiro atoms. The van der Waals surface area contributed by atoms with Crippen LogP contribution in [0.15, 0.2) is 58.0 Å². The number of amides is 1. The summed E-state index contributed by atoms with van der Waals surface area (Å²) in [6.07, 6.45) is 2.90. The molecule has 0 aliphatic carbocycles. The normalized spacial score (nSPS) is 13.5. The van der Waals surface area contributed by atoms with E-state index in [1.165, 1.54) is 4.31 Å². The lowest BCUT2D eigenvalue weighted by atomic mass is 10.2. The highest BCUT2D eigenvalue weighted by atomic mass is 35.5. The molecule has 2 aromatic carbocycles. The highest BCUT2D eigenvalue weighted by molar-refractivity contribution is 7.89. The van der Waals surface area contributed by atoms with Gasteiger partial charge in [-0.15, -0.1) is 0 Å². The Morgan fingerprint density at radius 1 is 1.15 bits per heavy atom. The van der Waals surface area contributed by atoms with Gasteiger partial charge in [-0.25, -0.2) is 13.4 Å². The van der Waals surface area contributed by atoms with E-state index in [0.717, 1.165) is 16.8 Å². The van der Waals surface area contributed by atoms with Crippen LogP contribution in [-0.4, -0.2) is 43.2 Å². The van der Waals surface area contributed by atoms with Crippen molar-refractivity contribution in [3.8, 4) is 11.3 Å². The minimum Gasteiger partial charge on any atom is -0.441 e. The number of sulfonamides is 1. The molecule has 0 bridgehead atoms. The van der Waals surface area contributed by atoms with E-state index in [-0.39, 0.29) is 17.2 Å². The molecule has 0 saturated carbocycles. The first-order chi connectivity index (χ1) is 15.8. The third-order valence-corrected chi connectivity index (χ3v) is 8.12. The van der Waals surface area contributed by atoms with Gasteiger partial charge in [-0.1, -0.05) is 25.4 Å². The van der Waals surface area contributed by atoms with E-state index < -0.39 is 10.0 Å². The molecule has 0 fully saturated rings. The van der Waals surface area contributed by atoms with Gasteiger partial charge in [0.05, 0.1) is 11.1 Å². The highest BCUT2D eigenvalue weighted by Crippen LogP contribution is 2.32. The van der Waals surface area contributed by atoms with Crippen LogP contribution >= 0.6 is 11.6 Å². The Labute approximate surface area is 199 Å². The summed E-state index contributed by atoms with van der Waals surface area (Å²) in [6.45, 7) is 5.01. The van der Waals surface area contributed by atoms with Crippen LogP contribution in [0, 0.1) is 0 Å². The summed E-state index contributed by atoms with van der Waals surface area (Å²) < 4.78 is 32.8. The summed E-state index contributed by atoms with van der Waals surface area (Å²) in [6, 6.07) is 12.3. The van der Waals surface area contributed by atoms with Crippen molar-refractivity contribution in [2.45, 2.75) is 38.0 Å². The number of halogens is 1. The number of hydrogen-bond acceptors (Lipinski definition) is 5. The van der Waals surface area contributed by atoms with Gasteiger partial charge in [0.1, 0.15) is 0 Å². The Morgan fingerprint density at radius 2 is 1.88 bits per heavy atom. The first-order valence-corrected chi connectivity index (χ1v) is 12.8. The third kappa shape index (κ3) is 4.83. The smallest absolute Gasteiger partial charge is 0.243 e. The summed E-state index contributed by atoms with van der Waals surface area (Å²) in [5.41, 5.74) is 2.51. The molecule has 3 aromatic rings. The quantitative estimate of drug-likeness (QED) is 0.465. The molecule has 7 nitrogen and oxygen atoms in total. The SMILES string of the molecule is CCN(CC)S(=O)(=O)c1ccc2c(c1)CCN2C(=O)CCc1ncc(-c2ccc(Cl)cc2)o1. The maximum Gasteiger partial charge on any atom is 0.243 e. The molecule has 9 heteroatoms. The number of aryl methyl sites for hydroxylation is 1. The van der Waals surface area contributed by atoms with E-state index in [1.807, 2.05) is 26.0 Å². The molecule has 33 heavy (non-hydrogen) atoms. The van der Waals surface area contributed by atoms with E-state index in [0.29, 0.717) is 49.1 Å². The molecule has 2 heterocycles. The topological polar surface area (TPSA) is 83.7 Å². The highest BCUT2D eigenvalue weighted by Gasteiger charge is 2.28. The number of nitrogens with zero attached hydrogens (tertiary/aromatic N) is 3. The molecule has 4 rings (SSSR count). The fourth-order valence-corrected chi connectivity index (χ4v) is 5.67. The second-order valence-corrected chi connectivity index (χ2v) is 10.2. The zero-order chi connectivity index (χ0) is 23.6. The zero-order valence-corrected chi connectivity index (χ0v) is 20.2. The summed E-state index contributed by atoms with van der Waals surface area (Å²) in [5.74, 6) is 1.08. The van der Waals surface area contributed by atoms with Gasteiger partial charge in [-0.2, -0.15) is 4.31 Å². The van der Waals surface area contributed by atoms with Crippen molar-refractivity contribution in [2.24, 2.45) is 0 Å². The Kier molecular flexibility index (Phi) is 6.88. The van der Waals surface area contributed by atoms with Crippen LogP contribution < -0.4 is 4.90 Å². The molecule has 174 valence electrons. The van der Waals surface area contributed by atoms with E-state index in [1.54, 1.807) is 41.4 Å². The summed E-state index contributed by atoms with van der Waals surface area (Å²) in [7, 11) is -3.53. The van der Waals surface area contributed by atoms with Crippen molar-refractivity contribution in [1.29, 1.82) is 0 Å².